The molecule has 1 aliphatic heterocycles. The van der Waals surface area contributed by atoms with Gasteiger partial charge in [-0.3, -0.25) is 14.8 Å². The lowest BCUT2D eigenvalue weighted by atomic mass is 9.84. The molecule has 0 bridgehead atoms. The zero-order chi connectivity index (χ0) is 22.8. The normalized spacial score (nSPS) is 16.5. The van der Waals surface area contributed by atoms with Gasteiger partial charge in [-0.25, -0.2) is 9.37 Å². The first-order valence-corrected chi connectivity index (χ1v) is 12.8. The maximum Gasteiger partial charge on any atom is 0.225 e. The summed E-state index contributed by atoms with van der Waals surface area (Å²) in [5, 5.41) is 0. The smallest absolute Gasteiger partial charge is 0.225 e. The average Bonchev–Trinajstić information content (AvgIpc) is 2.83. The van der Waals surface area contributed by atoms with Crippen LogP contribution in [0.2, 0.25) is 0 Å². The van der Waals surface area contributed by atoms with Gasteiger partial charge in [-0.15, -0.1) is 0 Å². The van der Waals surface area contributed by atoms with Crippen LogP contribution in [0.15, 0.2) is 48.9 Å². The molecule has 0 N–H and O–H groups in total. The number of carbonyl (C=O) groups is 1. The Kier molecular flexibility index (Phi) is 6.52. The predicted octanol–water partition coefficient (Wildman–Crippen LogP) is 4.73. The molecular formula is C25H25FIN5O. The van der Waals surface area contributed by atoms with Crippen LogP contribution >= 0.6 is 22.6 Å². The Morgan fingerprint density at radius 1 is 1.03 bits per heavy atom. The van der Waals surface area contributed by atoms with E-state index in [1.54, 1.807) is 24.5 Å². The van der Waals surface area contributed by atoms with Gasteiger partial charge < -0.3 is 9.80 Å². The van der Waals surface area contributed by atoms with E-state index < -0.39 is 0 Å². The van der Waals surface area contributed by atoms with E-state index in [9.17, 15) is 9.18 Å². The first-order chi connectivity index (χ1) is 16.1. The van der Waals surface area contributed by atoms with Crippen molar-refractivity contribution < 1.29 is 9.18 Å². The van der Waals surface area contributed by atoms with E-state index in [-0.39, 0.29) is 11.7 Å². The predicted molar refractivity (Wildman–Crippen MR) is 135 cm³/mol. The molecule has 1 amide bonds. The molecule has 2 fully saturated rings. The van der Waals surface area contributed by atoms with E-state index in [0.29, 0.717) is 19.0 Å². The maximum atomic E-state index is 13.5. The number of halogens is 2. The van der Waals surface area contributed by atoms with Crippen LogP contribution in [-0.2, 0) is 9.22 Å². The van der Waals surface area contributed by atoms with Gasteiger partial charge in [-0.1, -0.05) is 29.0 Å². The Hall–Kier alpha value is -2.62. The van der Waals surface area contributed by atoms with Gasteiger partial charge in [0, 0.05) is 60.0 Å². The highest BCUT2D eigenvalue weighted by atomic mass is 127. The number of anilines is 1. The van der Waals surface area contributed by atoms with Gasteiger partial charge >= 0.3 is 0 Å². The van der Waals surface area contributed by atoms with Gasteiger partial charge in [-0.05, 0) is 48.7 Å². The molecule has 0 radical (unpaired) electrons. The van der Waals surface area contributed by atoms with Gasteiger partial charge in [0.05, 0.1) is 17.6 Å². The summed E-state index contributed by atoms with van der Waals surface area (Å²) in [5.74, 6) is 1.05. The van der Waals surface area contributed by atoms with E-state index in [1.807, 2.05) is 17.2 Å². The number of nitrogens with zero attached hydrogens (tertiary/aromatic N) is 5. The van der Waals surface area contributed by atoms with E-state index in [0.717, 1.165) is 64.3 Å². The number of hydrogen-bond acceptors (Lipinski definition) is 5. The number of aromatic nitrogens is 3. The largest absolute Gasteiger partial charge is 0.352 e. The third-order valence-electron chi connectivity index (χ3n) is 6.55. The SMILES string of the molecule is O=C(C1CCC1)N1CCN(c2cnc(-c3ccc(F)cc3)c(-c3ccncc3CI)n2)CC1. The summed E-state index contributed by atoms with van der Waals surface area (Å²) in [6.45, 7) is 2.89. The number of piperazine rings is 1. The number of rotatable bonds is 5. The molecule has 0 atom stereocenters. The van der Waals surface area contributed by atoms with Crippen molar-refractivity contribution in [3.05, 3.63) is 60.3 Å². The Morgan fingerprint density at radius 3 is 2.45 bits per heavy atom. The second-order valence-corrected chi connectivity index (χ2v) is 9.30. The summed E-state index contributed by atoms with van der Waals surface area (Å²) in [7, 11) is 0. The lowest BCUT2D eigenvalue weighted by Crippen LogP contribution is -2.51. The molecule has 6 nitrogen and oxygen atoms in total. The Labute approximate surface area is 206 Å². The van der Waals surface area contributed by atoms with Crippen molar-refractivity contribution in [3.63, 3.8) is 0 Å². The topological polar surface area (TPSA) is 62.2 Å². The lowest BCUT2D eigenvalue weighted by molar-refractivity contribution is -0.138. The second kappa shape index (κ2) is 9.70. The number of alkyl halides is 1. The summed E-state index contributed by atoms with van der Waals surface area (Å²) < 4.78 is 14.3. The van der Waals surface area contributed by atoms with E-state index in [2.05, 4.69) is 32.5 Å². The summed E-state index contributed by atoms with van der Waals surface area (Å²) in [6.07, 6.45) is 8.64. The van der Waals surface area contributed by atoms with Crippen LogP contribution < -0.4 is 4.90 Å². The quantitative estimate of drug-likeness (QED) is 0.336. The lowest BCUT2D eigenvalue weighted by Gasteiger charge is -2.38. The number of benzene rings is 1. The van der Waals surface area contributed by atoms with Crippen molar-refractivity contribution in [2.24, 2.45) is 5.92 Å². The molecule has 170 valence electrons. The Morgan fingerprint density at radius 2 is 1.79 bits per heavy atom. The van der Waals surface area contributed by atoms with Crippen LogP contribution in [0, 0.1) is 11.7 Å². The van der Waals surface area contributed by atoms with Crippen LogP contribution in [-0.4, -0.2) is 51.9 Å². The molecule has 33 heavy (non-hydrogen) atoms. The van der Waals surface area contributed by atoms with E-state index in [4.69, 9.17) is 9.97 Å². The van der Waals surface area contributed by atoms with Crippen molar-refractivity contribution in [1.82, 2.24) is 19.9 Å². The third-order valence-corrected chi connectivity index (χ3v) is 7.37. The first-order valence-electron chi connectivity index (χ1n) is 11.3. The molecule has 1 aliphatic carbocycles. The molecule has 2 aliphatic rings. The van der Waals surface area contributed by atoms with E-state index in [1.165, 1.54) is 18.6 Å². The molecule has 1 saturated carbocycles. The van der Waals surface area contributed by atoms with Crippen molar-refractivity contribution in [1.29, 1.82) is 0 Å². The van der Waals surface area contributed by atoms with Gasteiger partial charge in [0.2, 0.25) is 5.91 Å². The minimum Gasteiger partial charge on any atom is -0.352 e. The van der Waals surface area contributed by atoms with Gasteiger partial charge in [0.1, 0.15) is 11.6 Å². The maximum absolute atomic E-state index is 13.5. The fourth-order valence-electron chi connectivity index (χ4n) is 4.37. The second-order valence-electron chi connectivity index (χ2n) is 8.54. The third kappa shape index (κ3) is 4.58. The molecule has 2 aromatic heterocycles. The summed E-state index contributed by atoms with van der Waals surface area (Å²) in [4.78, 5) is 30.9. The molecule has 3 aromatic rings. The fourth-order valence-corrected chi connectivity index (χ4v) is 4.98. The van der Waals surface area contributed by atoms with Crippen LogP contribution in [0.1, 0.15) is 24.8 Å². The summed E-state index contributed by atoms with van der Waals surface area (Å²) in [5.41, 5.74) is 4.35. The molecular weight excluding hydrogens is 532 g/mol. The monoisotopic (exact) mass is 557 g/mol. The Bertz CT molecular complexity index is 1140. The standard InChI is InChI=1S/C25H25FIN5O/c26-20-6-4-17(5-7-20)23-24(21-8-9-28-15-19(21)14-27)30-22(16-29-23)31-10-12-32(13-11-31)25(33)18-2-1-3-18/h4-9,15-16,18H,1-3,10-14H2. The van der Waals surface area contributed by atoms with Crippen molar-refractivity contribution >= 4 is 34.3 Å². The number of hydrogen-bond donors (Lipinski definition) is 0. The summed E-state index contributed by atoms with van der Waals surface area (Å²) in [6, 6.07) is 8.32. The van der Waals surface area contributed by atoms with Gasteiger partial charge in [0.25, 0.3) is 0 Å². The first kappa shape index (κ1) is 22.2. The molecule has 5 rings (SSSR count). The molecule has 0 spiro atoms. The minimum absolute atomic E-state index is 0.233. The highest BCUT2D eigenvalue weighted by Crippen LogP contribution is 2.34. The number of amides is 1. The van der Waals surface area contributed by atoms with Crippen LogP contribution in [0.4, 0.5) is 10.2 Å². The highest BCUT2D eigenvalue weighted by Gasteiger charge is 2.31. The van der Waals surface area contributed by atoms with Crippen LogP contribution in [0.3, 0.4) is 0 Å². The van der Waals surface area contributed by atoms with Gasteiger partial charge in [-0.2, -0.15) is 0 Å². The zero-order valence-electron chi connectivity index (χ0n) is 18.3. The summed E-state index contributed by atoms with van der Waals surface area (Å²) >= 11 is 2.32. The van der Waals surface area contributed by atoms with Crippen molar-refractivity contribution in [3.8, 4) is 22.5 Å². The molecule has 3 heterocycles. The highest BCUT2D eigenvalue weighted by molar-refractivity contribution is 14.1. The van der Waals surface area contributed by atoms with Crippen molar-refractivity contribution in [2.45, 2.75) is 23.7 Å². The zero-order valence-corrected chi connectivity index (χ0v) is 20.4. The minimum atomic E-state index is -0.281. The molecule has 1 aromatic carbocycles. The number of pyridine rings is 1. The number of carbonyl (C=O) groups excluding carboxylic acids is 1. The van der Waals surface area contributed by atoms with Crippen molar-refractivity contribution in [2.75, 3.05) is 31.1 Å². The van der Waals surface area contributed by atoms with Crippen LogP contribution in [0.5, 0.6) is 0 Å². The average molecular weight is 557 g/mol. The molecule has 1 saturated heterocycles. The fraction of sp³-hybridized carbons (Fsp3) is 0.360. The molecule has 8 heteroatoms. The van der Waals surface area contributed by atoms with Gasteiger partial charge in [0.15, 0.2) is 0 Å². The van der Waals surface area contributed by atoms with Crippen LogP contribution in [0.25, 0.3) is 22.5 Å². The Balaban J connectivity index is 1.46. The molecule has 0 unspecified atom stereocenters. The van der Waals surface area contributed by atoms with E-state index >= 15 is 0 Å².